The fraction of sp³-hybridized carbons (Fsp3) is 0.708. The monoisotopic (exact) mass is 399 g/mol. The van der Waals surface area contributed by atoms with Gasteiger partial charge in [0.2, 0.25) is 5.91 Å². The third-order valence-corrected chi connectivity index (χ3v) is 7.48. The minimum Gasteiger partial charge on any atom is -0.375 e. The normalized spacial score (nSPS) is 25.6. The molecule has 1 unspecified atom stereocenters. The molecule has 29 heavy (non-hydrogen) atoms. The lowest BCUT2D eigenvalue weighted by Gasteiger charge is -2.50. The Labute approximate surface area is 176 Å². The predicted molar refractivity (Wildman–Crippen MR) is 117 cm³/mol. The van der Waals surface area contributed by atoms with Gasteiger partial charge < -0.3 is 14.5 Å². The van der Waals surface area contributed by atoms with Crippen LogP contribution in [0, 0.1) is 0 Å². The maximum Gasteiger partial charge on any atom is 0.219 e. The first-order valence-electron chi connectivity index (χ1n) is 11.6. The Kier molecular flexibility index (Phi) is 6.45. The van der Waals surface area contributed by atoms with Gasteiger partial charge in [-0.1, -0.05) is 25.1 Å². The molecule has 3 saturated heterocycles. The van der Waals surface area contributed by atoms with Gasteiger partial charge in [-0.2, -0.15) is 0 Å². The van der Waals surface area contributed by atoms with Gasteiger partial charge in [0.05, 0.1) is 5.60 Å². The van der Waals surface area contributed by atoms with Gasteiger partial charge in [-0.25, -0.2) is 0 Å². The fourth-order valence-electron chi connectivity index (χ4n) is 5.77. The van der Waals surface area contributed by atoms with E-state index in [1.54, 1.807) is 6.92 Å². The van der Waals surface area contributed by atoms with Crippen LogP contribution < -0.4 is 4.90 Å². The van der Waals surface area contributed by atoms with E-state index in [4.69, 9.17) is 4.74 Å². The first-order valence-corrected chi connectivity index (χ1v) is 11.6. The van der Waals surface area contributed by atoms with E-state index in [-0.39, 0.29) is 11.5 Å². The maximum atomic E-state index is 11.7. The van der Waals surface area contributed by atoms with Crippen LogP contribution >= 0.6 is 0 Å². The van der Waals surface area contributed by atoms with E-state index < -0.39 is 0 Å². The number of hydrogen-bond donors (Lipinski definition) is 0. The first-order chi connectivity index (χ1) is 14.1. The van der Waals surface area contributed by atoms with Gasteiger partial charge in [0.15, 0.2) is 0 Å². The Morgan fingerprint density at radius 1 is 1.07 bits per heavy atom. The second kappa shape index (κ2) is 9.05. The summed E-state index contributed by atoms with van der Waals surface area (Å²) in [5.74, 6) is 0.224. The summed E-state index contributed by atoms with van der Waals surface area (Å²) >= 11 is 0. The molecular formula is C24H37N3O2. The maximum absolute atomic E-state index is 11.7. The fourth-order valence-corrected chi connectivity index (χ4v) is 5.77. The number of anilines is 1. The lowest BCUT2D eigenvalue weighted by Crippen LogP contribution is -2.56. The van der Waals surface area contributed by atoms with Gasteiger partial charge in [0.1, 0.15) is 0 Å². The molecule has 3 aliphatic heterocycles. The van der Waals surface area contributed by atoms with Crippen LogP contribution in [0.3, 0.4) is 0 Å². The Bertz CT molecular complexity index is 664. The van der Waals surface area contributed by atoms with E-state index >= 15 is 0 Å². The number of rotatable bonds is 4. The van der Waals surface area contributed by atoms with Crippen molar-refractivity contribution in [3.63, 3.8) is 0 Å². The number of piperidine rings is 2. The molecule has 160 valence electrons. The van der Waals surface area contributed by atoms with Crippen LogP contribution in [-0.4, -0.2) is 72.7 Å². The zero-order valence-corrected chi connectivity index (χ0v) is 18.2. The highest BCUT2D eigenvalue weighted by Gasteiger charge is 2.43. The van der Waals surface area contributed by atoms with Crippen LogP contribution in [0.25, 0.3) is 0 Å². The molecule has 0 radical (unpaired) electrons. The number of hydrogen-bond acceptors (Lipinski definition) is 4. The molecule has 0 bridgehead atoms. The SMILES string of the molecule is CCN(C1CCN(C(C)=O)CC1)C1CCOC2(CCN(c3ccccc3)CC2)C1. The number of para-hydroxylation sites is 1. The van der Waals surface area contributed by atoms with Crippen molar-refractivity contribution in [1.29, 1.82) is 0 Å². The Balaban J connectivity index is 1.36. The van der Waals surface area contributed by atoms with Crippen molar-refractivity contribution in [2.75, 3.05) is 44.2 Å². The van der Waals surface area contributed by atoms with Crippen LogP contribution in [0.1, 0.15) is 52.4 Å². The number of nitrogens with zero attached hydrogens (tertiary/aromatic N) is 3. The van der Waals surface area contributed by atoms with Crippen molar-refractivity contribution < 1.29 is 9.53 Å². The molecule has 0 aromatic heterocycles. The summed E-state index contributed by atoms with van der Waals surface area (Å²) in [6, 6.07) is 12.0. The Morgan fingerprint density at radius 3 is 2.38 bits per heavy atom. The van der Waals surface area contributed by atoms with Crippen LogP contribution in [0.2, 0.25) is 0 Å². The zero-order valence-electron chi connectivity index (χ0n) is 18.2. The molecule has 1 aromatic rings. The summed E-state index contributed by atoms with van der Waals surface area (Å²) in [7, 11) is 0. The average molecular weight is 400 g/mol. The van der Waals surface area contributed by atoms with Gasteiger partial charge in [-0.3, -0.25) is 9.69 Å². The molecule has 3 fully saturated rings. The largest absolute Gasteiger partial charge is 0.375 e. The van der Waals surface area contributed by atoms with E-state index in [1.807, 2.05) is 4.90 Å². The highest BCUT2D eigenvalue weighted by molar-refractivity contribution is 5.73. The molecule has 0 aliphatic carbocycles. The van der Waals surface area contributed by atoms with Crippen LogP contribution in [-0.2, 0) is 9.53 Å². The molecule has 5 nitrogen and oxygen atoms in total. The van der Waals surface area contributed by atoms with Crippen molar-refractivity contribution in [3.8, 4) is 0 Å². The number of ether oxygens (including phenoxy) is 1. The van der Waals surface area contributed by atoms with Crippen LogP contribution in [0.4, 0.5) is 5.69 Å². The number of likely N-dealkylation sites (tertiary alicyclic amines) is 1. The quantitative estimate of drug-likeness (QED) is 0.776. The van der Waals surface area contributed by atoms with E-state index in [0.717, 1.165) is 77.9 Å². The molecule has 3 aliphatic rings. The molecule has 3 heterocycles. The minimum atomic E-state index is 0.0572. The number of amides is 1. The molecule has 0 N–H and O–H groups in total. The van der Waals surface area contributed by atoms with Gasteiger partial charge in [-0.05, 0) is 57.2 Å². The molecular weight excluding hydrogens is 362 g/mol. The minimum absolute atomic E-state index is 0.0572. The van der Waals surface area contributed by atoms with Crippen molar-refractivity contribution in [2.45, 2.75) is 70.1 Å². The number of carbonyl (C=O) groups is 1. The summed E-state index contributed by atoms with van der Waals surface area (Å²) in [5, 5.41) is 0. The molecule has 1 atom stereocenters. The summed E-state index contributed by atoms with van der Waals surface area (Å²) in [6.07, 6.45) is 6.78. The van der Waals surface area contributed by atoms with E-state index in [1.165, 1.54) is 5.69 Å². The molecule has 5 heteroatoms. The zero-order chi connectivity index (χ0) is 20.3. The summed E-state index contributed by atoms with van der Waals surface area (Å²) < 4.78 is 6.45. The van der Waals surface area contributed by atoms with Crippen molar-refractivity contribution in [1.82, 2.24) is 9.80 Å². The highest BCUT2D eigenvalue weighted by Crippen LogP contribution is 2.38. The van der Waals surface area contributed by atoms with Crippen molar-refractivity contribution in [2.24, 2.45) is 0 Å². The topological polar surface area (TPSA) is 36.0 Å². The van der Waals surface area contributed by atoms with E-state index in [2.05, 4.69) is 47.1 Å². The second-order valence-electron chi connectivity index (χ2n) is 9.07. The van der Waals surface area contributed by atoms with Crippen molar-refractivity contribution in [3.05, 3.63) is 30.3 Å². The van der Waals surface area contributed by atoms with E-state index in [9.17, 15) is 4.79 Å². The van der Waals surface area contributed by atoms with Gasteiger partial charge in [0, 0.05) is 57.5 Å². The predicted octanol–water partition coefficient (Wildman–Crippen LogP) is 3.54. The number of carbonyl (C=O) groups excluding carboxylic acids is 1. The smallest absolute Gasteiger partial charge is 0.219 e. The lowest BCUT2D eigenvalue weighted by atomic mass is 9.81. The van der Waals surface area contributed by atoms with Gasteiger partial charge in [-0.15, -0.1) is 0 Å². The third-order valence-electron chi connectivity index (χ3n) is 7.48. The van der Waals surface area contributed by atoms with Crippen molar-refractivity contribution >= 4 is 11.6 Å². The molecule has 1 amide bonds. The third kappa shape index (κ3) is 4.61. The lowest BCUT2D eigenvalue weighted by molar-refractivity contribution is -0.133. The van der Waals surface area contributed by atoms with Gasteiger partial charge in [0.25, 0.3) is 0 Å². The molecule has 1 spiro atoms. The Hall–Kier alpha value is -1.59. The van der Waals surface area contributed by atoms with Crippen LogP contribution in [0.15, 0.2) is 30.3 Å². The average Bonchev–Trinajstić information content (AvgIpc) is 2.76. The number of benzene rings is 1. The summed E-state index contributed by atoms with van der Waals surface area (Å²) in [4.78, 5) is 18.9. The van der Waals surface area contributed by atoms with E-state index in [0.29, 0.717) is 12.1 Å². The van der Waals surface area contributed by atoms with Gasteiger partial charge >= 0.3 is 0 Å². The standard InChI is InChI=1S/C24H37N3O2/c1-3-27(22-9-14-25(15-10-22)20(2)28)23-11-18-29-24(19-23)12-16-26(17-13-24)21-7-5-4-6-8-21/h4-8,22-23H,3,9-19H2,1-2H3. The summed E-state index contributed by atoms with van der Waals surface area (Å²) in [6.45, 7) is 9.98. The molecule has 1 aromatic carbocycles. The summed E-state index contributed by atoms with van der Waals surface area (Å²) in [5.41, 5.74) is 1.39. The Morgan fingerprint density at radius 2 is 1.76 bits per heavy atom. The molecule has 0 saturated carbocycles. The molecule has 4 rings (SSSR count). The second-order valence-corrected chi connectivity index (χ2v) is 9.07. The first kappa shape index (κ1) is 20.7. The highest BCUT2D eigenvalue weighted by atomic mass is 16.5. The van der Waals surface area contributed by atoms with Crippen LogP contribution in [0.5, 0.6) is 0 Å².